The van der Waals surface area contributed by atoms with E-state index in [-0.39, 0.29) is 12.5 Å². The molecule has 0 N–H and O–H groups in total. The highest BCUT2D eigenvalue weighted by Gasteiger charge is 2.23. The summed E-state index contributed by atoms with van der Waals surface area (Å²) in [6.45, 7) is 4.90. The Morgan fingerprint density at radius 1 is 1.17 bits per heavy atom. The summed E-state index contributed by atoms with van der Waals surface area (Å²) in [7, 11) is 1.85. The first-order valence-electron chi connectivity index (χ1n) is 9.50. The molecule has 3 aromatic rings. The van der Waals surface area contributed by atoms with Gasteiger partial charge in [0.25, 0.3) is 5.89 Å². The lowest BCUT2D eigenvalue weighted by molar-refractivity contribution is -0.136. The van der Waals surface area contributed by atoms with E-state index in [9.17, 15) is 4.79 Å². The number of ether oxygens (including phenoxy) is 1. The molecule has 1 aliphatic heterocycles. The summed E-state index contributed by atoms with van der Waals surface area (Å²) in [5, 5.41) is 12.5. The van der Waals surface area contributed by atoms with E-state index in [4.69, 9.17) is 13.7 Å². The molecule has 3 heterocycles. The Morgan fingerprint density at radius 2 is 1.93 bits per heavy atom. The molecule has 29 heavy (non-hydrogen) atoms. The van der Waals surface area contributed by atoms with E-state index in [1.807, 2.05) is 54.1 Å². The number of benzene rings is 1. The second-order valence-electron chi connectivity index (χ2n) is 6.99. The van der Waals surface area contributed by atoms with E-state index in [2.05, 4.69) is 15.4 Å². The van der Waals surface area contributed by atoms with Crippen molar-refractivity contribution in [2.75, 3.05) is 39.9 Å². The lowest BCUT2D eigenvalue weighted by Crippen LogP contribution is -2.44. The molecule has 0 radical (unpaired) electrons. The van der Waals surface area contributed by atoms with Crippen LogP contribution in [0.2, 0.25) is 0 Å². The molecule has 1 aromatic carbocycles. The highest BCUT2D eigenvalue weighted by Crippen LogP contribution is 2.33. The van der Waals surface area contributed by atoms with Gasteiger partial charge in [-0.2, -0.15) is 0 Å². The van der Waals surface area contributed by atoms with Crippen LogP contribution >= 0.6 is 0 Å². The van der Waals surface area contributed by atoms with Gasteiger partial charge < -0.3 is 18.6 Å². The van der Waals surface area contributed by atoms with Gasteiger partial charge in [0.05, 0.1) is 26.3 Å². The maximum Gasteiger partial charge on any atom is 0.253 e. The minimum atomic E-state index is 0.0665. The lowest BCUT2D eigenvalue weighted by atomic mass is 10.1. The first-order chi connectivity index (χ1) is 14.1. The summed E-state index contributed by atoms with van der Waals surface area (Å²) in [4.78, 5) is 16.0. The van der Waals surface area contributed by atoms with Crippen molar-refractivity contribution in [3.05, 3.63) is 42.0 Å². The Kier molecular flexibility index (Phi) is 5.68. The molecule has 9 heteroatoms. The van der Waals surface area contributed by atoms with Gasteiger partial charge in [0.2, 0.25) is 11.8 Å². The van der Waals surface area contributed by atoms with Gasteiger partial charge in [-0.05, 0) is 14.0 Å². The number of aryl methyl sites for hydroxylation is 1. The van der Waals surface area contributed by atoms with Crippen molar-refractivity contribution < 1.29 is 18.5 Å². The average Bonchev–Trinajstić information content (AvgIpc) is 3.35. The number of hydrogen-bond acceptors (Lipinski definition) is 8. The fraction of sp³-hybridized carbons (Fsp3) is 0.400. The van der Waals surface area contributed by atoms with Gasteiger partial charge >= 0.3 is 0 Å². The third kappa shape index (κ3) is 4.36. The summed E-state index contributed by atoms with van der Waals surface area (Å²) in [5.41, 5.74) is 2.25. The first-order valence-corrected chi connectivity index (χ1v) is 9.50. The third-order valence-electron chi connectivity index (χ3n) is 4.76. The fourth-order valence-corrected chi connectivity index (χ4v) is 3.27. The summed E-state index contributed by atoms with van der Waals surface area (Å²) in [5.74, 6) is 1.45. The van der Waals surface area contributed by atoms with Crippen LogP contribution in [0.15, 0.2) is 39.3 Å². The molecule has 152 valence electrons. The molecule has 0 bridgehead atoms. The fourth-order valence-electron chi connectivity index (χ4n) is 3.27. The normalized spacial score (nSPS) is 14.5. The van der Waals surface area contributed by atoms with Crippen molar-refractivity contribution in [2.24, 2.45) is 0 Å². The Labute approximate surface area is 168 Å². The van der Waals surface area contributed by atoms with Crippen LogP contribution in [-0.2, 0) is 16.1 Å². The second-order valence-corrected chi connectivity index (χ2v) is 6.99. The van der Waals surface area contributed by atoms with Crippen LogP contribution in [0.5, 0.6) is 0 Å². The Morgan fingerprint density at radius 3 is 2.69 bits per heavy atom. The van der Waals surface area contributed by atoms with Gasteiger partial charge in [0, 0.05) is 18.7 Å². The zero-order valence-electron chi connectivity index (χ0n) is 16.5. The number of amides is 1. The number of hydrogen-bond donors (Lipinski definition) is 0. The summed E-state index contributed by atoms with van der Waals surface area (Å²) >= 11 is 0. The van der Waals surface area contributed by atoms with Crippen LogP contribution in [0.1, 0.15) is 11.7 Å². The molecule has 0 spiro atoms. The maximum absolute atomic E-state index is 12.4. The van der Waals surface area contributed by atoms with Crippen molar-refractivity contribution in [3.63, 3.8) is 0 Å². The van der Waals surface area contributed by atoms with Crippen LogP contribution in [0.25, 0.3) is 22.7 Å². The molecule has 9 nitrogen and oxygen atoms in total. The van der Waals surface area contributed by atoms with Crippen LogP contribution in [-0.4, -0.2) is 71.0 Å². The quantitative estimate of drug-likeness (QED) is 0.623. The van der Waals surface area contributed by atoms with Crippen molar-refractivity contribution in [1.82, 2.24) is 25.2 Å². The topological polar surface area (TPSA) is 97.7 Å². The molecule has 0 unspecified atom stereocenters. The molecule has 1 saturated heterocycles. The summed E-state index contributed by atoms with van der Waals surface area (Å²) < 4.78 is 16.5. The Balaban J connectivity index is 1.45. The van der Waals surface area contributed by atoms with Crippen molar-refractivity contribution >= 4 is 5.91 Å². The molecule has 1 aliphatic rings. The first kappa shape index (κ1) is 19.3. The summed E-state index contributed by atoms with van der Waals surface area (Å²) in [6.07, 6.45) is 0. The van der Waals surface area contributed by atoms with E-state index in [1.165, 1.54) is 0 Å². The highest BCUT2D eigenvalue weighted by molar-refractivity contribution is 5.78. The number of carbonyl (C=O) groups excluding carboxylic acids is 1. The molecule has 2 aromatic heterocycles. The Hall–Kier alpha value is -3.04. The van der Waals surface area contributed by atoms with Crippen molar-refractivity contribution in [3.8, 4) is 22.7 Å². The zero-order valence-corrected chi connectivity index (χ0v) is 16.5. The van der Waals surface area contributed by atoms with Crippen molar-refractivity contribution in [1.29, 1.82) is 0 Å². The van der Waals surface area contributed by atoms with Crippen LogP contribution in [0.4, 0.5) is 0 Å². The molecule has 0 saturated carbocycles. The molecule has 1 amide bonds. The SMILES string of the molecule is Cc1onc(-c2ccccc2)c1-c1nnc(CN(C)CC(=O)N2CCOCC2)o1. The van der Waals surface area contributed by atoms with Gasteiger partial charge in [-0.15, -0.1) is 10.2 Å². The largest absolute Gasteiger partial charge is 0.419 e. The predicted molar refractivity (Wildman–Crippen MR) is 104 cm³/mol. The van der Waals surface area contributed by atoms with Crippen LogP contribution in [0.3, 0.4) is 0 Å². The van der Waals surface area contributed by atoms with Gasteiger partial charge in [-0.3, -0.25) is 9.69 Å². The number of morpholine rings is 1. The minimum absolute atomic E-state index is 0.0665. The second kappa shape index (κ2) is 8.54. The Bertz CT molecular complexity index is 962. The maximum atomic E-state index is 12.4. The monoisotopic (exact) mass is 397 g/mol. The molecular formula is C20H23N5O4. The van der Waals surface area contributed by atoms with E-state index in [0.29, 0.717) is 61.6 Å². The van der Waals surface area contributed by atoms with Crippen molar-refractivity contribution in [2.45, 2.75) is 13.5 Å². The van der Waals surface area contributed by atoms with Gasteiger partial charge in [0.1, 0.15) is 17.0 Å². The number of nitrogens with zero attached hydrogens (tertiary/aromatic N) is 5. The third-order valence-corrected chi connectivity index (χ3v) is 4.76. The molecule has 0 atom stereocenters. The highest BCUT2D eigenvalue weighted by atomic mass is 16.5. The smallest absolute Gasteiger partial charge is 0.253 e. The van der Waals surface area contributed by atoms with Crippen LogP contribution < -0.4 is 0 Å². The molecule has 0 aliphatic carbocycles. The van der Waals surface area contributed by atoms with E-state index in [0.717, 1.165) is 5.56 Å². The number of likely N-dealkylation sites (N-methyl/N-ethyl adjacent to an activating group) is 1. The van der Waals surface area contributed by atoms with E-state index < -0.39 is 0 Å². The van der Waals surface area contributed by atoms with Gasteiger partial charge in [-0.25, -0.2) is 0 Å². The zero-order chi connectivity index (χ0) is 20.2. The summed E-state index contributed by atoms with van der Waals surface area (Å²) in [6, 6.07) is 9.70. The molecule has 4 rings (SSSR count). The standard InChI is InChI=1S/C20H23N5O4/c1-14-18(19(23-29-14)15-6-4-3-5-7-15)20-22-21-16(28-20)12-24(2)13-17(26)25-8-10-27-11-9-25/h3-7H,8-13H2,1-2H3. The van der Waals surface area contributed by atoms with E-state index >= 15 is 0 Å². The van der Waals surface area contributed by atoms with Gasteiger partial charge in [0.15, 0.2) is 0 Å². The number of rotatable bonds is 6. The van der Waals surface area contributed by atoms with E-state index in [1.54, 1.807) is 0 Å². The van der Waals surface area contributed by atoms with Gasteiger partial charge in [-0.1, -0.05) is 35.5 Å². The lowest BCUT2D eigenvalue weighted by Gasteiger charge is -2.28. The predicted octanol–water partition coefficient (Wildman–Crippen LogP) is 1.99. The number of carbonyl (C=O) groups is 1. The van der Waals surface area contributed by atoms with Crippen LogP contribution in [0, 0.1) is 6.92 Å². The molecular weight excluding hydrogens is 374 g/mol. The minimum Gasteiger partial charge on any atom is -0.419 e. The molecule has 1 fully saturated rings. The number of aromatic nitrogens is 3. The average molecular weight is 397 g/mol.